The van der Waals surface area contributed by atoms with Gasteiger partial charge in [-0.2, -0.15) is 0 Å². The first kappa shape index (κ1) is 23.2. The second-order valence-electron chi connectivity index (χ2n) is 6.64. The van der Waals surface area contributed by atoms with Crippen LogP contribution in [0.5, 0.6) is 0 Å². The minimum atomic E-state index is 0. The maximum Gasteiger partial charge on any atom is 0.191 e. The summed E-state index contributed by atoms with van der Waals surface area (Å²) in [4.78, 5) is 7.19. The van der Waals surface area contributed by atoms with E-state index in [4.69, 9.17) is 9.73 Å². The Kier molecular flexibility index (Phi) is 12.7. The predicted octanol–water partition coefficient (Wildman–Crippen LogP) is 2.90. The van der Waals surface area contributed by atoms with Crippen molar-refractivity contribution in [3.8, 4) is 0 Å². The number of hydrogen-bond donors (Lipinski definition) is 2. The topological polar surface area (TPSA) is 48.9 Å². The lowest BCUT2D eigenvalue weighted by Crippen LogP contribution is -2.42. The Labute approximate surface area is 176 Å². The SMILES string of the molecule is CCNC(=NCCCN1CCOCC1)NC(C)CCc1ccccc1.I. The van der Waals surface area contributed by atoms with E-state index in [1.807, 2.05) is 0 Å². The number of morpholine rings is 1. The summed E-state index contributed by atoms with van der Waals surface area (Å²) in [6, 6.07) is 11.1. The van der Waals surface area contributed by atoms with Crippen LogP contribution in [0.25, 0.3) is 0 Å². The maximum absolute atomic E-state index is 5.39. The Balaban J connectivity index is 0.00000338. The van der Waals surface area contributed by atoms with Crippen LogP contribution in [0.3, 0.4) is 0 Å². The lowest BCUT2D eigenvalue weighted by molar-refractivity contribution is 0.0377. The van der Waals surface area contributed by atoms with Crippen LogP contribution in [0.15, 0.2) is 35.3 Å². The zero-order valence-electron chi connectivity index (χ0n) is 16.2. The first-order valence-electron chi connectivity index (χ1n) is 9.67. The Hall–Kier alpha value is -0.860. The molecule has 2 N–H and O–H groups in total. The first-order chi connectivity index (χ1) is 12.3. The molecular formula is C20H35IN4O. The van der Waals surface area contributed by atoms with Gasteiger partial charge in [0.2, 0.25) is 0 Å². The van der Waals surface area contributed by atoms with Gasteiger partial charge in [0.1, 0.15) is 0 Å². The number of guanidine groups is 1. The molecule has 148 valence electrons. The van der Waals surface area contributed by atoms with Gasteiger partial charge in [0.05, 0.1) is 13.2 Å². The van der Waals surface area contributed by atoms with Crippen LogP contribution in [0.4, 0.5) is 0 Å². The molecule has 1 aromatic carbocycles. The van der Waals surface area contributed by atoms with E-state index < -0.39 is 0 Å². The molecule has 1 saturated heterocycles. The van der Waals surface area contributed by atoms with Crippen molar-refractivity contribution in [3.05, 3.63) is 35.9 Å². The van der Waals surface area contributed by atoms with Gasteiger partial charge in [-0.1, -0.05) is 30.3 Å². The van der Waals surface area contributed by atoms with Gasteiger partial charge in [0.25, 0.3) is 0 Å². The normalized spacial score (nSPS) is 16.6. The Morgan fingerprint density at radius 2 is 1.96 bits per heavy atom. The third kappa shape index (κ3) is 9.73. The van der Waals surface area contributed by atoms with E-state index >= 15 is 0 Å². The monoisotopic (exact) mass is 474 g/mol. The van der Waals surface area contributed by atoms with Crippen molar-refractivity contribution < 1.29 is 4.74 Å². The van der Waals surface area contributed by atoms with Crippen molar-refractivity contribution in [2.75, 3.05) is 45.9 Å². The fourth-order valence-corrected chi connectivity index (χ4v) is 2.96. The molecule has 1 aliphatic heterocycles. The van der Waals surface area contributed by atoms with Gasteiger partial charge in [0, 0.05) is 38.8 Å². The number of ether oxygens (including phenoxy) is 1. The summed E-state index contributed by atoms with van der Waals surface area (Å²) < 4.78 is 5.39. The maximum atomic E-state index is 5.39. The Bertz CT molecular complexity index is 492. The van der Waals surface area contributed by atoms with Crippen molar-refractivity contribution >= 4 is 29.9 Å². The molecule has 26 heavy (non-hydrogen) atoms. The van der Waals surface area contributed by atoms with Crippen LogP contribution < -0.4 is 10.6 Å². The lowest BCUT2D eigenvalue weighted by Gasteiger charge is -2.26. The fourth-order valence-electron chi connectivity index (χ4n) is 2.96. The van der Waals surface area contributed by atoms with Crippen LogP contribution in [-0.2, 0) is 11.2 Å². The molecule has 5 nitrogen and oxygen atoms in total. The third-order valence-electron chi connectivity index (χ3n) is 4.44. The van der Waals surface area contributed by atoms with E-state index in [-0.39, 0.29) is 24.0 Å². The molecule has 0 bridgehead atoms. The van der Waals surface area contributed by atoms with E-state index in [0.717, 1.165) is 71.2 Å². The molecule has 0 aliphatic carbocycles. The van der Waals surface area contributed by atoms with Gasteiger partial charge < -0.3 is 15.4 Å². The number of nitrogens with zero attached hydrogens (tertiary/aromatic N) is 2. The number of hydrogen-bond acceptors (Lipinski definition) is 3. The quantitative estimate of drug-likeness (QED) is 0.250. The molecule has 0 radical (unpaired) electrons. The van der Waals surface area contributed by atoms with Crippen LogP contribution in [0.2, 0.25) is 0 Å². The van der Waals surface area contributed by atoms with E-state index in [0.29, 0.717) is 6.04 Å². The standard InChI is InChI=1S/C20H34N4O.HI/c1-3-21-20(22-12-7-13-24-14-16-25-17-15-24)23-18(2)10-11-19-8-5-4-6-9-19;/h4-6,8-9,18H,3,7,10-17H2,1-2H3,(H2,21,22,23);1H. The molecule has 1 aliphatic rings. The molecule has 6 heteroatoms. The van der Waals surface area contributed by atoms with Gasteiger partial charge >= 0.3 is 0 Å². The smallest absolute Gasteiger partial charge is 0.191 e. The van der Waals surface area contributed by atoms with E-state index in [1.165, 1.54) is 5.56 Å². The van der Waals surface area contributed by atoms with E-state index in [2.05, 4.69) is 59.7 Å². The average Bonchev–Trinajstić information content (AvgIpc) is 2.65. The molecule has 1 atom stereocenters. The molecule has 0 amide bonds. The number of nitrogens with one attached hydrogen (secondary N) is 2. The number of aliphatic imine (C=N–C) groups is 1. The average molecular weight is 474 g/mol. The molecule has 0 aromatic heterocycles. The molecule has 0 saturated carbocycles. The fraction of sp³-hybridized carbons (Fsp3) is 0.650. The van der Waals surface area contributed by atoms with Gasteiger partial charge in [-0.05, 0) is 38.7 Å². The minimum Gasteiger partial charge on any atom is -0.379 e. The molecule has 1 aromatic rings. The highest BCUT2D eigenvalue weighted by Crippen LogP contribution is 2.04. The van der Waals surface area contributed by atoms with Crippen molar-refractivity contribution in [3.63, 3.8) is 0 Å². The summed E-state index contributed by atoms with van der Waals surface area (Å²) in [7, 11) is 0. The molecular weight excluding hydrogens is 439 g/mol. The van der Waals surface area contributed by atoms with Crippen molar-refractivity contribution in [2.24, 2.45) is 4.99 Å². The van der Waals surface area contributed by atoms with Crippen molar-refractivity contribution in [1.82, 2.24) is 15.5 Å². The Morgan fingerprint density at radius 3 is 2.65 bits per heavy atom. The zero-order valence-corrected chi connectivity index (χ0v) is 18.6. The van der Waals surface area contributed by atoms with Gasteiger partial charge in [0.15, 0.2) is 5.96 Å². The van der Waals surface area contributed by atoms with E-state index in [1.54, 1.807) is 0 Å². The number of benzene rings is 1. The van der Waals surface area contributed by atoms with Gasteiger partial charge in [-0.3, -0.25) is 9.89 Å². The molecule has 1 heterocycles. The highest BCUT2D eigenvalue weighted by atomic mass is 127. The number of halogens is 1. The van der Waals surface area contributed by atoms with Crippen LogP contribution in [0, 0.1) is 0 Å². The third-order valence-corrected chi connectivity index (χ3v) is 4.44. The first-order valence-corrected chi connectivity index (χ1v) is 9.67. The van der Waals surface area contributed by atoms with Gasteiger partial charge in [-0.15, -0.1) is 24.0 Å². The highest BCUT2D eigenvalue weighted by molar-refractivity contribution is 14.0. The summed E-state index contributed by atoms with van der Waals surface area (Å²) in [5.74, 6) is 0.935. The van der Waals surface area contributed by atoms with Crippen molar-refractivity contribution in [2.45, 2.75) is 39.2 Å². The van der Waals surface area contributed by atoms with Crippen LogP contribution >= 0.6 is 24.0 Å². The summed E-state index contributed by atoms with van der Waals surface area (Å²) in [6.07, 6.45) is 3.28. The van der Waals surface area contributed by atoms with Crippen LogP contribution in [-0.4, -0.2) is 62.8 Å². The highest BCUT2D eigenvalue weighted by Gasteiger charge is 2.09. The second kappa shape index (κ2) is 14.2. The number of rotatable bonds is 9. The van der Waals surface area contributed by atoms with E-state index in [9.17, 15) is 0 Å². The molecule has 0 spiro atoms. The lowest BCUT2D eigenvalue weighted by atomic mass is 10.1. The van der Waals surface area contributed by atoms with Gasteiger partial charge in [-0.25, -0.2) is 0 Å². The summed E-state index contributed by atoms with van der Waals surface area (Å²) in [6.45, 7) is 11.0. The minimum absolute atomic E-state index is 0. The molecule has 1 unspecified atom stereocenters. The van der Waals surface area contributed by atoms with Crippen LogP contribution in [0.1, 0.15) is 32.3 Å². The predicted molar refractivity (Wildman–Crippen MR) is 121 cm³/mol. The molecule has 2 rings (SSSR count). The Morgan fingerprint density at radius 1 is 1.23 bits per heavy atom. The van der Waals surface area contributed by atoms with Crippen molar-refractivity contribution in [1.29, 1.82) is 0 Å². The summed E-state index contributed by atoms with van der Waals surface area (Å²) in [5.41, 5.74) is 1.39. The summed E-state index contributed by atoms with van der Waals surface area (Å²) >= 11 is 0. The summed E-state index contributed by atoms with van der Waals surface area (Å²) in [5, 5.41) is 6.89. The zero-order chi connectivity index (χ0) is 17.7. The molecule has 1 fully saturated rings. The number of aryl methyl sites for hydroxylation is 1. The largest absolute Gasteiger partial charge is 0.379 e. The second-order valence-corrected chi connectivity index (χ2v) is 6.64.